The van der Waals surface area contributed by atoms with Gasteiger partial charge in [-0.05, 0) is 12.3 Å². The van der Waals surface area contributed by atoms with E-state index in [9.17, 15) is 20.1 Å². The molecular formula is C19H26N6O5. The minimum Gasteiger partial charge on any atom is -0.393 e. The van der Waals surface area contributed by atoms with Crippen molar-refractivity contribution in [1.29, 1.82) is 0 Å². The molecule has 0 radical (unpaired) electrons. The lowest BCUT2D eigenvalue weighted by Crippen LogP contribution is -2.56. The first-order valence-corrected chi connectivity index (χ1v) is 9.79. The Morgan fingerprint density at radius 3 is 2.73 bits per heavy atom. The number of nitrogen functional groups attached to an aromatic ring is 1. The fraction of sp³-hybridized carbons (Fsp3) is 0.579. The van der Waals surface area contributed by atoms with Crippen LogP contribution < -0.4 is 11.5 Å². The number of imidazole rings is 1. The van der Waals surface area contributed by atoms with Crippen molar-refractivity contribution in [2.75, 3.05) is 12.3 Å². The molecule has 0 saturated carbocycles. The van der Waals surface area contributed by atoms with Gasteiger partial charge in [-0.3, -0.25) is 9.36 Å². The van der Waals surface area contributed by atoms with E-state index in [1.165, 1.54) is 10.9 Å². The summed E-state index contributed by atoms with van der Waals surface area (Å²) >= 11 is 0. The summed E-state index contributed by atoms with van der Waals surface area (Å²) in [6.45, 7) is 1.23. The smallest absolute Gasteiger partial charge is 0.255 e. The highest BCUT2D eigenvalue weighted by atomic mass is 16.6. The van der Waals surface area contributed by atoms with Gasteiger partial charge in [-0.1, -0.05) is 32.1 Å². The second kappa shape index (κ2) is 8.93. The number of nitrogens with two attached hydrogens (primary N) is 2. The van der Waals surface area contributed by atoms with Gasteiger partial charge in [0, 0.05) is 6.42 Å². The van der Waals surface area contributed by atoms with Gasteiger partial charge in [0.15, 0.2) is 23.3 Å². The zero-order chi connectivity index (χ0) is 21.9. The maximum Gasteiger partial charge on any atom is 0.255 e. The molecule has 0 spiro atoms. The zero-order valence-corrected chi connectivity index (χ0v) is 16.7. The largest absolute Gasteiger partial charge is 0.393 e. The molecule has 0 aromatic carbocycles. The Hall–Kier alpha value is -2.78. The number of aromatic nitrogens is 4. The Morgan fingerprint density at radius 1 is 1.33 bits per heavy atom. The summed E-state index contributed by atoms with van der Waals surface area (Å²) in [7, 11) is 0. The lowest BCUT2D eigenvalue weighted by molar-refractivity contribution is -0.163. The van der Waals surface area contributed by atoms with E-state index in [-0.39, 0.29) is 22.8 Å². The van der Waals surface area contributed by atoms with E-state index in [1.54, 1.807) is 0 Å². The first-order valence-electron chi connectivity index (χ1n) is 9.79. The number of fused-ring (bicyclic) bond motifs is 1. The topological polar surface area (TPSA) is 183 Å². The average Bonchev–Trinajstić information content (AvgIpc) is 3.25. The molecule has 0 aliphatic carbocycles. The van der Waals surface area contributed by atoms with Crippen LogP contribution in [0.15, 0.2) is 6.33 Å². The van der Waals surface area contributed by atoms with Crippen LogP contribution >= 0.6 is 0 Å². The number of aliphatic hydroxyl groups excluding tert-OH is 3. The van der Waals surface area contributed by atoms with Crippen LogP contribution in [0.25, 0.3) is 11.2 Å². The number of rotatable bonds is 7. The predicted molar refractivity (Wildman–Crippen MR) is 107 cm³/mol. The maximum absolute atomic E-state index is 11.8. The number of carbonyl (C=O) groups is 1. The Kier molecular flexibility index (Phi) is 6.52. The number of unbranched alkanes of at least 4 members (excludes halogenated alkanes) is 4. The van der Waals surface area contributed by atoms with Gasteiger partial charge in [-0.15, -0.1) is 0 Å². The SMILES string of the molecule is CCCCCCC#Cc1nc(N)c2ncn([C@@H]3O[C@@](CO)(C(N)=O)[C@@H](O)[C@H]3O)c2n1. The third-order valence-corrected chi connectivity index (χ3v) is 5.15. The summed E-state index contributed by atoms with van der Waals surface area (Å²) in [6.07, 6.45) is 1.77. The average molecular weight is 418 g/mol. The fourth-order valence-electron chi connectivity index (χ4n) is 3.38. The zero-order valence-electron chi connectivity index (χ0n) is 16.7. The molecule has 1 amide bonds. The van der Waals surface area contributed by atoms with Gasteiger partial charge in [-0.25, -0.2) is 15.0 Å². The second-order valence-electron chi connectivity index (χ2n) is 7.22. The number of amides is 1. The standard InChI is InChI=1S/C19H26N6O5/c1-2-3-4-5-6-7-8-11-23-15(20)12-16(24-11)25(10-22-12)17-13(27)14(28)19(9-26,30-17)18(21)29/h10,13-14,17,26-28H,2-6,9H2,1H3,(H2,21,29)(H2,20,23,24)/t13-,14+,17-,19-/m1/s1. The number of ether oxygens (including phenoxy) is 1. The Labute approximate surface area is 173 Å². The van der Waals surface area contributed by atoms with Gasteiger partial charge in [0.25, 0.3) is 5.91 Å². The molecule has 1 aliphatic heterocycles. The van der Waals surface area contributed by atoms with Crippen LogP contribution in [0.2, 0.25) is 0 Å². The van der Waals surface area contributed by atoms with Gasteiger partial charge in [0.05, 0.1) is 12.9 Å². The number of hydrogen-bond acceptors (Lipinski definition) is 9. The van der Waals surface area contributed by atoms with Gasteiger partial charge in [0.1, 0.15) is 17.7 Å². The van der Waals surface area contributed by atoms with Gasteiger partial charge in [0.2, 0.25) is 5.82 Å². The molecular weight excluding hydrogens is 392 g/mol. The van der Waals surface area contributed by atoms with Crippen molar-refractivity contribution >= 4 is 22.9 Å². The van der Waals surface area contributed by atoms with Crippen molar-refractivity contribution in [1.82, 2.24) is 19.5 Å². The van der Waals surface area contributed by atoms with Crippen LogP contribution in [0.1, 0.15) is 51.1 Å². The van der Waals surface area contributed by atoms with Crippen molar-refractivity contribution in [3.05, 3.63) is 12.2 Å². The Bertz CT molecular complexity index is 983. The first-order chi connectivity index (χ1) is 14.4. The predicted octanol–water partition coefficient (Wildman–Crippen LogP) is -0.803. The van der Waals surface area contributed by atoms with E-state index in [4.69, 9.17) is 16.2 Å². The molecule has 0 unspecified atom stereocenters. The van der Waals surface area contributed by atoms with Crippen LogP contribution in [-0.2, 0) is 9.53 Å². The highest BCUT2D eigenvalue weighted by Crippen LogP contribution is 2.38. The van der Waals surface area contributed by atoms with Crippen LogP contribution in [0.3, 0.4) is 0 Å². The van der Waals surface area contributed by atoms with Crippen LogP contribution in [0.5, 0.6) is 0 Å². The molecule has 7 N–H and O–H groups in total. The quantitative estimate of drug-likeness (QED) is 0.284. The molecule has 0 bridgehead atoms. The number of hydrogen-bond donors (Lipinski definition) is 5. The molecule has 3 rings (SSSR count). The first kappa shape index (κ1) is 21.9. The van der Waals surface area contributed by atoms with Gasteiger partial charge < -0.3 is 31.5 Å². The highest BCUT2D eigenvalue weighted by Gasteiger charge is 2.58. The summed E-state index contributed by atoms with van der Waals surface area (Å²) in [5.74, 6) is 5.04. The van der Waals surface area contributed by atoms with E-state index in [0.717, 1.165) is 25.7 Å². The normalized spacial score (nSPS) is 25.9. The van der Waals surface area contributed by atoms with E-state index < -0.39 is 36.6 Å². The summed E-state index contributed by atoms with van der Waals surface area (Å²) < 4.78 is 6.81. The number of anilines is 1. The van der Waals surface area contributed by atoms with E-state index in [1.807, 2.05) is 0 Å². The summed E-state index contributed by atoms with van der Waals surface area (Å²) in [5, 5.41) is 30.3. The minimum absolute atomic E-state index is 0.0883. The molecule has 30 heavy (non-hydrogen) atoms. The molecule has 11 heteroatoms. The number of aliphatic hydroxyl groups is 3. The van der Waals surface area contributed by atoms with Crippen molar-refractivity contribution in [3.63, 3.8) is 0 Å². The molecule has 4 atom stereocenters. The van der Waals surface area contributed by atoms with Crippen molar-refractivity contribution < 1.29 is 24.9 Å². The van der Waals surface area contributed by atoms with Crippen LogP contribution in [0.4, 0.5) is 5.82 Å². The number of primary amides is 1. The second-order valence-corrected chi connectivity index (χ2v) is 7.22. The molecule has 1 saturated heterocycles. The van der Waals surface area contributed by atoms with Crippen molar-refractivity contribution in [2.45, 2.75) is 63.1 Å². The number of carbonyl (C=O) groups excluding carboxylic acids is 1. The summed E-state index contributed by atoms with van der Waals surface area (Å²) in [5.41, 5.74) is 9.55. The summed E-state index contributed by atoms with van der Waals surface area (Å²) in [4.78, 5) is 24.4. The molecule has 162 valence electrons. The van der Waals surface area contributed by atoms with E-state index >= 15 is 0 Å². The molecule has 3 heterocycles. The van der Waals surface area contributed by atoms with E-state index in [2.05, 4.69) is 33.7 Å². The molecule has 1 aliphatic rings. The van der Waals surface area contributed by atoms with Gasteiger partial charge in [-0.2, -0.15) is 0 Å². The van der Waals surface area contributed by atoms with Gasteiger partial charge >= 0.3 is 0 Å². The Balaban J connectivity index is 1.91. The third-order valence-electron chi connectivity index (χ3n) is 5.15. The highest BCUT2D eigenvalue weighted by molar-refractivity contribution is 5.85. The lowest BCUT2D eigenvalue weighted by Gasteiger charge is -2.25. The lowest BCUT2D eigenvalue weighted by atomic mass is 9.95. The number of nitrogens with zero attached hydrogens (tertiary/aromatic N) is 4. The van der Waals surface area contributed by atoms with Crippen LogP contribution in [0, 0.1) is 11.8 Å². The summed E-state index contributed by atoms with van der Waals surface area (Å²) in [6, 6.07) is 0. The molecule has 2 aromatic heterocycles. The maximum atomic E-state index is 11.8. The molecule has 2 aromatic rings. The van der Waals surface area contributed by atoms with E-state index in [0.29, 0.717) is 6.42 Å². The fourth-order valence-corrected chi connectivity index (χ4v) is 3.38. The molecule has 1 fully saturated rings. The monoisotopic (exact) mass is 418 g/mol. The Morgan fingerprint density at radius 2 is 2.10 bits per heavy atom. The third kappa shape index (κ3) is 3.82. The minimum atomic E-state index is -2.15. The molecule has 11 nitrogen and oxygen atoms in total. The van der Waals surface area contributed by atoms with Crippen LogP contribution in [-0.4, -0.2) is 65.2 Å². The van der Waals surface area contributed by atoms with Crippen molar-refractivity contribution in [2.24, 2.45) is 5.73 Å². The van der Waals surface area contributed by atoms with Crippen molar-refractivity contribution in [3.8, 4) is 11.8 Å².